The Balaban J connectivity index is 1.36. The van der Waals surface area contributed by atoms with Gasteiger partial charge in [0.15, 0.2) is 0 Å². The third-order valence-electron chi connectivity index (χ3n) is 5.47. The first-order valence-electron chi connectivity index (χ1n) is 9.62. The van der Waals surface area contributed by atoms with Crippen molar-refractivity contribution in [2.45, 2.75) is 12.8 Å². The van der Waals surface area contributed by atoms with Crippen molar-refractivity contribution in [1.82, 2.24) is 14.7 Å². The van der Waals surface area contributed by atoms with Crippen molar-refractivity contribution < 1.29 is 14.3 Å². The number of piperidine rings is 1. The number of hydrogen-bond donors (Lipinski definition) is 0. The lowest BCUT2D eigenvalue weighted by Crippen LogP contribution is -2.52. The van der Waals surface area contributed by atoms with Gasteiger partial charge in [-0.15, -0.1) is 0 Å². The molecular weight excluding hydrogens is 330 g/mol. The number of amides is 1. The van der Waals surface area contributed by atoms with Gasteiger partial charge < -0.3 is 19.3 Å². The third-order valence-corrected chi connectivity index (χ3v) is 5.47. The predicted molar refractivity (Wildman–Crippen MR) is 102 cm³/mol. The van der Waals surface area contributed by atoms with Crippen LogP contribution in [-0.4, -0.2) is 87.2 Å². The van der Waals surface area contributed by atoms with Crippen LogP contribution in [0.15, 0.2) is 24.3 Å². The van der Waals surface area contributed by atoms with Crippen molar-refractivity contribution >= 4 is 5.91 Å². The molecular formula is C20H31N3O3. The van der Waals surface area contributed by atoms with Crippen molar-refractivity contribution in [1.29, 1.82) is 0 Å². The minimum absolute atomic E-state index is 0.231. The van der Waals surface area contributed by atoms with Gasteiger partial charge in [0.05, 0.1) is 7.11 Å². The van der Waals surface area contributed by atoms with Crippen molar-refractivity contribution in [2.75, 3.05) is 66.6 Å². The van der Waals surface area contributed by atoms with Crippen molar-refractivity contribution in [2.24, 2.45) is 5.92 Å². The fourth-order valence-corrected chi connectivity index (χ4v) is 3.69. The molecule has 0 spiro atoms. The molecule has 1 aromatic carbocycles. The minimum Gasteiger partial charge on any atom is -0.497 e. The smallest absolute Gasteiger partial charge is 0.225 e. The van der Waals surface area contributed by atoms with E-state index in [0.717, 1.165) is 70.2 Å². The van der Waals surface area contributed by atoms with E-state index in [0.29, 0.717) is 12.5 Å². The van der Waals surface area contributed by atoms with E-state index in [-0.39, 0.29) is 5.92 Å². The summed E-state index contributed by atoms with van der Waals surface area (Å²) in [5.41, 5.74) is 0. The highest BCUT2D eigenvalue weighted by Gasteiger charge is 2.29. The Morgan fingerprint density at radius 1 is 1.08 bits per heavy atom. The standard InChI is InChI=1S/C20H31N3O3/c1-21-8-6-17(7-9-21)20(24)23-12-10-22(11-13-23)14-15-26-19-5-3-4-18(16-19)25-2/h3-5,16-17H,6-15H2,1-2H3. The van der Waals surface area contributed by atoms with E-state index in [1.165, 1.54) is 0 Å². The molecule has 0 saturated carbocycles. The van der Waals surface area contributed by atoms with Gasteiger partial charge in [-0.1, -0.05) is 6.07 Å². The molecule has 1 amide bonds. The number of piperazine rings is 1. The molecule has 0 bridgehead atoms. The summed E-state index contributed by atoms with van der Waals surface area (Å²) in [4.78, 5) is 19.4. The second-order valence-corrected chi connectivity index (χ2v) is 7.27. The summed E-state index contributed by atoms with van der Waals surface area (Å²) in [5.74, 6) is 2.24. The fraction of sp³-hybridized carbons (Fsp3) is 0.650. The molecule has 3 rings (SSSR count). The van der Waals surface area contributed by atoms with E-state index < -0.39 is 0 Å². The van der Waals surface area contributed by atoms with Gasteiger partial charge in [0.25, 0.3) is 0 Å². The van der Waals surface area contributed by atoms with Gasteiger partial charge in [-0.25, -0.2) is 0 Å². The average molecular weight is 361 g/mol. The second-order valence-electron chi connectivity index (χ2n) is 7.27. The average Bonchev–Trinajstić information content (AvgIpc) is 2.69. The molecule has 1 aromatic rings. The second kappa shape index (κ2) is 9.24. The monoisotopic (exact) mass is 361 g/mol. The van der Waals surface area contributed by atoms with Crippen LogP contribution >= 0.6 is 0 Å². The Morgan fingerprint density at radius 3 is 2.46 bits per heavy atom. The summed E-state index contributed by atoms with van der Waals surface area (Å²) in [6, 6.07) is 7.69. The highest BCUT2D eigenvalue weighted by Crippen LogP contribution is 2.20. The van der Waals surface area contributed by atoms with Gasteiger partial charge in [-0.05, 0) is 45.1 Å². The lowest BCUT2D eigenvalue weighted by molar-refractivity contribution is -0.138. The number of ether oxygens (including phenoxy) is 2. The predicted octanol–water partition coefficient (Wildman–Crippen LogP) is 1.56. The fourth-order valence-electron chi connectivity index (χ4n) is 3.69. The number of carbonyl (C=O) groups is 1. The lowest BCUT2D eigenvalue weighted by Gasteiger charge is -2.38. The number of rotatable bonds is 6. The SMILES string of the molecule is COc1cccc(OCCN2CCN(C(=O)C3CCN(C)CC3)CC2)c1. The zero-order valence-electron chi connectivity index (χ0n) is 16.0. The Kier molecular flexibility index (Phi) is 6.74. The Hall–Kier alpha value is -1.79. The number of benzene rings is 1. The zero-order valence-corrected chi connectivity index (χ0v) is 16.0. The van der Waals surface area contributed by atoms with Gasteiger partial charge in [0, 0.05) is 44.7 Å². The molecule has 144 valence electrons. The minimum atomic E-state index is 0.231. The normalized spacial score (nSPS) is 20.2. The van der Waals surface area contributed by atoms with Gasteiger partial charge in [0.1, 0.15) is 18.1 Å². The molecule has 2 aliphatic rings. The van der Waals surface area contributed by atoms with Gasteiger partial charge in [0.2, 0.25) is 5.91 Å². The third kappa shape index (κ3) is 5.11. The van der Waals surface area contributed by atoms with Crippen LogP contribution in [0.4, 0.5) is 0 Å². The zero-order chi connectivity index (χ0) is 18.4. The molecule has 2 aliphatic heterocycles. The first-order valence-corrected chi connectivity index (χ1v) is 9.62. The number of carbonyl (C=O) groups excluding carboxylic acids is 1. The highest BCUT2D eigenvalue weighted by molar-refractivity contribution is 5.79. The molecule has 2 fully saturated rings. The molecule has 6 heteroatoms. The maximum Gasteiger partial charge on any atom is 0.225 e. The number of likely N-dealkylation sites (tertiary alicyclic amines) is 1. The Morgan fingerprint density at radius 2 is 1.77 bits per heavy atom. The van der Waals surface area contributed by atoms with Crippen LogP contribution in [0.3, 0.4) is 0 Å². The molecule has 2 heterocycles. The number of nitrogens with zero attached hydrogens (tertiary/aromatic N) is 3. The van der Waals surface area contributed by atoms with E-state index >= 15 is 0 Å². The summed E-state index contributed by atoms with van der Waals surface area (Å²) in [6.45, 7) is 7.15. The van der Waals surface area contributed by atoms with Gasteiger partial charge in [-0.3, -0.25) is 9.69 Å². The van der Waals surface area contributed by atoms with Crippen molar-refractivity contribution in [3.63, 3.8) is 0 Å². The molecule has 0 aromatic heterocycles. The van der Waals surface area contributed by atoms with Crippen LogP contribution < -0.4 is 9.47 Å². The van der Waals surface area contributed by atoms with Crippen LogP contribution in [0.2, 0.25) is 0 Å². The molecule has 0 atom stereocenters. The first-order chi connectivity index (χ1) is 12.7. The van der Waals surface area contributed by atoms with E-state index in [4.69, 9.17) is 9.47 Å². The largest absolute Gasteiger partial charge is 0.497 e. The van der Waals surface area contributed by atoms with E-state index in [1.807, 2.05) is 24.3 Å². The van der Waals surface area contributed by atoms with E-state index in [1.54, 1.807) is 7.11 Å². The summed E-state index contributed by atoms with van der Waals surface area (Å²) in [5, 5.41) is 0. The summed E-state index contributed by atoms with van der Waals surface area (Å²) >= 11 is 0. The Bertz CT molecular complexity index is 579. The molecule has 0 radical (unpaired) electrons. The topological polar surface area (TPSA) is 45.3 Å². The molecule has 0 N–H and O–H groups in total. The molecule has 0 unspecified atom stereocenters. The van der Waals surface area contributed by atoms with E-state index in [9.17, 15) is 4.79 Å². The quantitative estimate of drug-likeness (QED) is 0.769. The molecule has 26 heavy (non-hydrogen) atoms. The van der Waals surface area contributed by atoms with Crippen molar-refractivity contribution in [3.05, 3.63) is 24.3 Å². The van der Waals surface area contributed by atoms with Crippen molar-refractivity contribution in [3.8, 4) is 11.5 Å². The van der Waals surface area contributed by atoms with Crippen LogP contribution in [0.1, 0.15) is 12.8 Å². The van der Waals surface area contributed by atoms with Crippen LogP contribution in [0.5, 0.6) is 11.5 Å². The summed E-state index contributed by atoms with van der Waals surface area (Å²) in [6.07, 6.45) is 2.01. The molecule has 6 nitrogen and oxygen atoms in total. The summed E-state index contributed by atoms with van der Waals surface area (Å²) in [7, 11) is 3.79. The highest BCUT2D eigenvalue weighted by atomic mass is 16.5. The maximum absolute atomic E-state index is 12.7. The van der Waals surface area contributed by atoms with E-state index in [2.05, 4.69) is 21.7 Å². The lowest BCUT2D eigenvalue weighted by atomic mass is 9.95. The molecule has 0 aliphatic carbocycles. The Labute approximate surface area is 156 Å². The number of hydrogen-bond acceptors (Lipinski definition) is 5. The van der Waals surface area contributed by atoms with Crippen LogP contribution in [-0.2, 0) is 4.79 Å². The molecule has 2 saturated heterocycles. The number of methoxy groups -OCH3 is 1. The van der Waals surface area contributed by atoms with Gasteiger partial charge in [-0.2, -0.15) is 0 Å². The van der Waals surface area contributed by atoms with Gasteiger partial charge >= 0.3 is 0 Å². The van der Waals surface area contributed by atoms with Crippen LogP contribution in [0.25, 0.3) is 0 Å². The maximum atomic E-state index is 12.7. The first kappa shape index (κ1) is 19.0. The van der Waals surface area contributed by atoms with Crippen LogP contribution in [0, 0.1) is 5.92 Å². The summed E-state index contributed by atoms with van der Waals surface area (Å²) < 4.78 is 11.0.